The number of nitrogens with zero attached hydrogens (tertiary/aromatic N) is 6. The number of thiazole rings is 1. The third-order valence-corrected chi connectivity index (χ3v) is 6.12. The minimum atomic E-state index is -0.0689. The molecule has 0 bridgehead atoms. The number of rotatable bonds is 4. The molecule has 0 aliphatic carbocycles. The first-order chi connectivity index (χ1) is 13.0. The Morgan fingerprint density at radius 2 is 2.22 bits per heavy atom. The van der Waals surface area contributed by atoms with E-state index in [0.29, 0.717) is 17.1 Å². The molecule has 1 fully saturated rings. The summed E-state index contributed by atoms with van der Waals surface area (Å²) in [4.78, 5) is 26.6. The minimum absolute atomic E-state index is 0.0689. The average molecular weight is 385 g/mol. The van der Waals surface area contributed by atoms with E-state index >= 15 is 0 Å². The standard InChI is InChI=1S/C19H24N6OS/c1-13-17(27-12-21-13)11-24-8-4-5-14(10-24)16-6-7-20-18-15(9-22-25(16)18)19(26)23(2)3/h6-7,9,12,14H,4-5,8,10-11H2,1-3H3. The zero-order valence-electron chi connectivity index (χ0n) is 15.9. The van der Waals surface area contributed by atoms with E-state index in [4.69, 9.17) is 0 Å². The molecule has 3 aromatic heterocycles. The fourth-order valence-corrected chi connectivity index (χ4v) is 4.55. The summed E-state index contributed by atoms with van der Waals surface area (Å²) >= 11 is 1.73. The van der Waals surface area contributed by atoms with E-state index in [0.717, 1.165) is 43.9 Å². The molecule has 1 atom stereocenters. The van der Waals surface area contributed by atoms with Crippen LogP contribution in [0.25, 0.3) is 5.65 Å². The van der Waals surface area contributed by atoms with Gasteiger partial charge in [0.25, 0.3) is 5.91 Å². The first-order valence-electron chi connectivity index (χ1n) is 9.20. The molecule has 1 aliphatic rings. The normalized spacial score (nSPS) is 18.1. The van der Waals surface area contributed by atoms with Crippen LogP contribution in [0.4, 0.5) is 0 Å². The molecule has 1 unspecified atom stereocenters. The number of amides is 1. The summed E-state index contributed by atoms with van der Waals surface area (Å²) in [5, 5.41) is 4.49. The van der Waals surface area contributed by atoms with Gasteiger partial charge >= 0.3 is 0 Å². The molecule has 7 nitrogen and oxygen atoms in total. The van der Waals surface area contributed by atoms with Crippen molar-refractivity contribution in [2.75, 3.05) is 27.2 Å². The number of fused-ring (bicyclic) bond motifs is 1. The van der Waals surface area contributed by atoms with Crippen LogP contribution >= 0.6 is 11.3 Å². The SMILES string of the molecule is Cc1ncsc1CN1CCCC(c2ccnc3c(C(=O)N(C)C)cnn23)C1. The lowest BCUT2D eigenvalue weighted by Crippen LogP contribution is -2.34. The number of aryl methyl sites for hydroxylation is 1. The Kier molecular flexibility index (Phi) is 4.92. The van der Waals surface area contributed by atoms with Crippen LogP contribution in [-0.4, -0.2) is 62.5 Å². The molecular formula is C19H24N6OS. The molecule has 27 heavy (non-hydrogen) atoms. The van der Waals surface area contributed by atoms with E-state index in [2.05, 4.69) is 26.9 Å². The second kappa shape index (κ2) is 7.36. The summed E-state index contributed by atoms with van der Waals surface area (Å²) in [6, 6.07) is 2.04. The molecule has 4 heterocycles. The van der Waals surface area contributed by atoms with Gasteiger partial charge in [-0.1, -0.05) is 0 Å². The van der Waals surface area contributed by atoms with E-state index in [9.17, 15) is 4.79 Å². The average Bonchev–Trinajstić information content (AvgIpc) is 3.27. The number of aromatic nitrogens is 4. The van der Waals surface area contributed by atoms with Gasteiger partial charge < -0.3 is 4.90 Å². The highest BCUT2D eigenvalue weighted by Crippen LogP contribution is 2.29. The molecule has 1 aliphatic heterocycles. The maximum Gasteiger partial charge on any atom is 0.258 e. The van der Waals surface area contributed by atoms with Crippen molar-refractivity contribution >= 4 is 22.9 Å². The van der Waals surface area contributed by atoms with Crippen LogP contribution in [0.5, 0.6) is 0 Å². The van der Waals surface area contributed by atoms with Gasteiger partial charge in [0.15, 0.2) is 5.65 Å². The summed E-state index contributed by atoms with van der Waals surface area (Å²) in [6.45, 7) is 5.11. The van der Waals surface area contributed by atoms with Crippen LogP contribution in [0.3, 0.4) is 0 Å². The molecule has 142 valence electrons. The van der Waals surface area contributed by atoms with E-state index in [1.165, 1.54) is 4.88 Å². The Hall–Kier alpha value is -2.32. The minimum Gasteiger partial charge on any atom is -0.345 e. The van der Waals surface area contributed by atoms with Crippen molar-refractivity contribution in [3.63, 3.8) is 0 Å². The number of carbonyl (C=O) groups excluding carboxylic acids is 1. The summed E-state index contributed by atoms with van der Waals surface area (Å²) < 4.78 is 1.85. The van der Waals surface area contributed by atoms with Gasteiger partial charge in [-0.05, 0) is 32.4 Å². The summed E-state index contributed by atoms with van der Waals surface area (Å²) in [7, 11) is 3.49. The number of likely N-dealkylation sites (tertiary alicyclic amines) is 1. The van der Waals surface area contributed by atoms with Gasteiger partial charge in [-0.3, -0.25) is 9.69 Å². The number of hydrogen-bond acceptors (Lipinski definition) is 6. The van der Waals surface area contributed by atoms with Crippen molar-refractivity contribution < 1.29 is 4.79 Å². The lowest BCUT2D eigenvalue weighted by molar-refractivity contribution is 0.0829. The van der Waals surface area contributed by atoms with E-state index in [1.54, 1.807) is 42.7 Å². The first-order valence-corrected chi connectivity index (χ1v) is 10.1. The highest BCUT2D eigenvalue weighted by Gasteiger charge is 2.26. The monoisotopic (exact) mass is 384 g/mol. The predicted octanol–water partition coefficient (Wildman–Crippen LogP) is 2.58. The second-order valence-electron chi connectivity index (χ2n) is 7.30. The van der Waals surface area contributed by atoms with Gasteiger partial charge in [-0.2, -0.15) is 5.10 Å². The molecule has 4 rings (SSSR count). The zero-order valence-corrected chi connectivity index (χ0v) is 16.7. The quantitative estimate of drug-likeness (QED) is 0.692. The highest BCUT2D eigenvalue weighted by molar-refractivity contribution is 7.09. The first kappa shape index (κ1) is 18.1. The van der Waals surface area contributed by atoms with Gasteiger partial charge in [0.1, 0.15) is 5.56 Å². The molecule has 0 spiro atoms. The Labute approximate surface area is 162 Å². The predicted molar refractivity (Wildman–Crippen MR) is 105 cm³/mol. The van der Waals surface area contributed by atoms with Crippen LogP contribution in [-0.2, 0) is 6.54 Å². The topological polar surface area (TPSA) is 66.6 Å². The van der Waals surface area contributed by atoms with Crippen LogP contribution in [0, 0.1) is 6.92 Å². The van der Waals surface area contributed by atoms with Gasteiger partial charge in [0, 0.05) is 44.2 Å². The summed E-state index contributed by atoms with van der Waals surface area (Å²) in [5.41, 5.74) is 5.37. The number of piperidine rings is 1. The van der Waals surface area contributed by atoms with Crippen molar-refractivity contribution in [1.82, 2.24) is 29.4 Å². The fourth-order valence-electron chi connectivity index (χ4n) is 3.73. The molecule has 0 radical (unpaired) electrons. The Bertz CT molecular complexity index is 962. The Balaban J connectivity index is 1.60. The largest absolute Gasteiger partial charge is 0.345 e. The molecule has 3 aromatic rings. The van der Waals surface area contributed by atoms with Gasteiger partial charge in [-0.25, -0.2) is 14.5 Å². The molecule has 0 aromatic carbocycles. The fraction of sp³-hybridized carbons (Fsp3) is 0.474. The van der Waals surface area contributed by atoms with Crippen molar-refractivity contribution in [2.45, 2.75) is 32.2 Å². The summed E-state index contributed by atoms with van der Waals surface area (Å²) in [5.74, 6) is 0.306. The van der Waals surface area contributed by atoms with Crippen molar-refractivity contribution in [3.05, 3.63) is 45.8 Å². The maximum atomic E-state index is 12.4. The third kappa shape index (κ3) is 3.46. The molecule has 0 saturated carbocycles. The van der Waals surface area contributed by atoms with Crippen molar-refractivity contribution in [2.24, 2.45) is 0 Å². The lowest BCUT2D eigenvalue weighted by Gasteiger charge is -2.32. The van der Waals surface area contributed by atoms with E-state index in [-0.39, 0.29) is 5.91 Å². The lowest BCUT2D eigenvalue weighted by atomic mass is 9.94. The summed E-state index contributed by atoms with van der Waals surface area (Å²) in [6.07, 6.45) is 5.70. The maximum absolute atomic E-state index is 12.4. The van der Waals surface area contributed by atoms with Crippen LogP contribution in [0.15, 0.2) is 24.0 Å². The smallest absolute Gasteiger partial charge is 0.258 e. The number of carbonyl (C=O) groups is 1. The van der Waals surface area contributed by atoms with Gasteiger partial charge in [0.05, 0.1) is 23.1 Å². The van der Waals surface area contributed by atoms with Crippen molar-refractivity contribution in [1.29, 1.82) is 0 Å². The molecule has 1 saturated heterocycles. The Morgan fingerprint density at radius 1 is 1.37 bits per heavy atom. The number of hydrogen-bond donors (Lipinski definition) is 0. The van der Waals surface area contributed by atoms with Gasteiger partial charge in [-0.15, -0.1) is 11.3 Å². The van der Waals surface area contributed by atoms with Gasteiger partial charge in [0.2, 0.25) is 0 Å². The molecular weight excluding hydrogens is 360 g/mol. The Morgan fingerprint density at radius 3 is 2.96 bits per heavy atom. The highest BCUT2D eigenvalue weighted by atomic mass is 32.1. The van der Waals surface area contributed by atoms with E-state index in [1.807, 2.05) is 16.1 Å². The van der Waals surface area contributed by atoms with Crippen LogP contribution < -0.4 is 0 Å². The van der Waals surface area contributed by atoms with Crippen molar-refractivity contribution in [3.8, 4) is 0 Å². The molecule has 1 amide bonds. The third-order valence-electron chi connectivity index (χ3n) is 5.20. The molecule has 8 heteroatoms. The molecule has 0 N–H and O–H groups in total. The second-order valence-corrected chi connectivity index (χ2v) is 8.24. The van der Waals surface area contributed by atoms with Crippen LogP contribution in [0.1, 0.15) is 45.4 Å². The van der Waals surface area contributed by atoms with E-state index < -0.39 is 0 Å². The zero-order chi connectivity index (χ0) is 19.0. The van der Waals surface area contributed by atoms with Crippen LogP contribution in [0.2, 0.25) is 0 Å².